The number of hydrogen-bond acceptors (Lipinski definition) is 4. The van der Waals surface area contributed by atoms with Gasteiger partial charge in [0.25, 0.3) is 5.91 Å². The molecule has 1 aliphatic rings. The zero-order chi connectivity index (χ0) is 21.3. The molecule has 1 unspecified atom stereocenters. The van der Waals surface area contributed by atoms with Crippen molar-refractivity contribution >= 4 is 46.7 Å². The third kappa shape index (κ3) is 4.18. The predicted octanol–water partition coefficient (Wildman–Crippen LogP) is 4.08. The fourth-order valence-corrected chi connectivity index (χ4v) is 3.59. The largest absolute Gasteiger partial charge is 0.292 e. The zero-order valence-electron chi connectivity index (χ0n) is 15.8. The average Bonchev–Trinajstić information content (AvgIpc) is 3.00. The summed E-state index contributed by atoms with van der Waals surface area (Å²) in [6.45, 7) is 3.36. The number of carbonyl (C=O) groups is 4. The number of hydrogen-bond donors (Lipinski definition) is 0. The minimum absolute atomic E-state index is 0.0254. The molecule has 1 atom stereocenters. The van der Waals surface area contributed by atoms with Gasteiger partial charge in [-0.3, -0.25) is 19.2 Å². The number of halogens is 2. The van der Waals surface area contributed by atoms with Gasteiger partial charge < -0.3 is 0 Å². The molecule has 6 nitrogen and oxygen atoms in total. The van der Waals surface area contributed by atoms with E-state index in [-0.39, 0.29) is 23.4 Å². The van der Waals surface area contributed by atoms with Crippen LogP contribution in [0.25, 0.3) is 0 Å². The van der Waals surface area contributed by atoms with E-state index in [1.807, 2.05) is 6.92 Å². The number of imide groups is 1. The number of ketones is 1. The molecular formula is C21H18Cl2N2O4. The molecular weight excluding hydrogens is 415 g/mol. The predicted molar refractivity (Wildman–Crippen MR) is 109 cm³/mol. The number of hydrazine groups is 1. The lowest BCUT2D eigenvalue weighted by atomic mass is 10.0. The van der Waals surface area contributed by atoms with Crippen LogP contribution < -0.4 is 0 Å². The van der Waals surface area contributed by atoms with Crippen LogP contribution in [0, 0.1) is 6.92 Å². The van der Waals surface area contributed by atoms with Crippen LogP contribution in [0.5, 0.6) is 0 Å². The van der Waals surface area contributed by atoms with Crippen molar-refractivity contribution in [1.82, 2.24) is 10.0 Å². The Morgan fingerprint density at radius 2 is 1.59 bits per heavy atom. The van der Waals surface area contributed by atoms with Gasteiger partial charge in [-0.05, 0) is 32.0 Å². The Labute approximate surface area is 178 Å². The van der Waals surface area contributed by atoms with Gasteiger partial charge in [-0.1, -0.05) is 53.0 Å². The second kappa shape index (κ2) is 8.35. The summed E-state index contributed by atoms with van der Waals surface area (Å²) in [7, 11) is 0. The molecule has 0 radical (unpaired) electrons. The summed E-state index contributed by atoms with van der Waals surface area (Å²) in [4.78, 5) is 51.0. The summed E-state index contributed by atoms with van der Waals surface area (Å²) >= 11 is 12.1. The van der Waals surface area contributed by atoms with Gasteiger partial charge in [-0.15, -0.1) is 0 Å². The Morgan fingerprint density at radius 1 is 1.00 bits per heavy atom. The first-order chi connectivity index (χ1) is 13.7. The van der Waals surface area contributed by atoms with Crippen molar-refractivity contribution in [3.05, 3.63) is 69.2 Å². The van der Waals surface area contributed by atoms with E-state index in [1.165, 1.54) is 25.1 Å². The third-order valence-electron chi connectivity index (χ3n) is 4.69. The number of carbonyl (C=O) groups excluding carboxylic acids is 4. The molecule has 1 aliphatic heterocycles. The van der Waals surface area contributed by atoms with Crippen molar-refractivity contribution in [3.8, 4) is 0 Å². The van der Waals surface area contributed by atoms with Crippen LogP contribution in [0.4, 0.5) is 0 Å². The Kier molecular flexibility index (Phi) is 6.05. The van der Waals surface area contributed by atoms with Crippen molar-refractivity contribution in [2.45, 2.75) is 32.7 Å². The van der Waals surface area contributed by atoms with Gasteiger partial charge in [-0.2, -0.15) is 5.01 Å². The Balaban J connectivity index is 2.04. The van der Waals surface area contributed by atoms with Crippen LogP contribution in [0.3, 0.4) is 0 Å². The molecule has 0 bridgehead atoms. The highest BCUT2D eigenvalue weighted by Gasteiger charge is 2.42. The van der Waals surface area contributed by atoms with E-state index in [2.05, 4.69) is 0 Å². The molecule has 2 aromatic carbocycles. The van der Waals surface area contributed by atoms with Crippen LogP contribution in [-0.2, 0) is 9.59 Å². The molecule has 0 aromatic heterocycles. The summed E-state index contributed by atoms with van der Waals surface area (Å²) in [5, 5.41) is 2.04. The fraction of sp³-hybridized carbons (Fsp3) is 0.238. The van der Waals surface area contributed by atoms with Gasteiger partial charge in [0.05, 0.1) is 10.6 Å². The summed E-state index contributed by atoms with van der Waals surface area (Å²) in [6.07, 6.45) is -0.0508. The molecule has 3 rings (SSSR count). The highest BCUT2D eigenvalue weighted by molar-refractivity contribution is 6.36. The number of nitrogens with zero attached hydrogens (tertiary/aromatic N) is 2. The molecule has 8 heteroatoms. The lowest BCUT2D eigenvalue weighted by molar-refractivity contribution is -0.154. The van der Waals surface area contributed by atoms with Crippen LogP contribution in [0.1, 0.15) is 46.0 Å². The van der Waals surface area contributed by atoms with Crippen molar-refractivity contribution in [2.24, 2.45) is 0 Å². The maximum atomic E-state index is 13.3. The highest BCUT2D eigenvalue weighted by atomic mass is 35.5. The van der Waals surface area contributed by atoms with Crippen LogP contribution >= 0.6 is 23.2 Å². The molecule has 0 aliphatic carbocycles. The first-order valence-corrected chi connectivity index (χ1v) is 9.71. The molecule has 0 spiro atoms. The number of Topliss-reactive ketones (excluding diaryl/α,β-unsaturated/α-hetero) is 1. The molecule has 1 saturated heterocycles. The zero-order valence-corrected chi connectivity index (χ0v) is 17.3. The van der Waals surface area contributed by atoms with E-state index in [1.54, 1.807) is 24.3 Å². The van der Waals surface area contributed by atoms with Gasteiger partial charge in [0.1, 0.15) is 6.04 Å². The smallest absolute Gasteiger partial charge is 0.275 e. The normalized spacial score (nSPS) is 14.8. The van der Waals surface area contributed by atoms with Crippen LogP contribution in [0.15, 0.2) is 42.5 Å². The number of amides is 3. The van der Waals surface area contributed by atoms with Crippen molar-refractivity contribution < 1.29 is 19.2 Å². The second-order valence-electron chi connectivity index (χ2n) is 6.78. The molecule has 2 aromatic rings. The molecule has 3 amide bonds. The fourth-order valence-electron chi connectivity index (χ4n) is 3.10. The molecule has 1 fully saturated rings. The van der Waals surface area contributed by atoms with E-state index < -0.39 is 29.5 Å². The van der Waals surface area contributed by atoms with Crippen molar-refractivity contribution in [2.75, 3.05) is 0 Å². The maximum Gasteiger partial charge on any atom is 0.275 e. The van der Waals surface area contributed by atoms with Crippen molar-refractivity contribution in [1.29, 1.82) is 0 Å². The van der Waals surface area contributed by atoms with E-state index in [0.717, 1.165) is 15.6 Å². The van der Waals surface area contributed by atoms with E-state index in [0.29, 0.717) is 10.6 Å². The quantitative estimate of drug-likeness (QED) is 0.526. The molecule has 1 heterocycles. The number of rotatable bonds is 5. The Morgan fingerprint density at radius 3 is 2.14 bits per heavy atom. The summed E-state index contributed by atoms with van der Waals surface area (Å²) in [5.74, 6) is -2.23. The van der Waals surface area contributed by atoms with Gasteiger partial charge in [-0.25, -0.2) is 5.01 Å². The Bertz CT molecular complexity index is 988. The number of benzene rings is 2. The minimum atomic E-state index is -1.11. The molecule has 29 heavy (non-hydrogen) atoms. The number of aryl methyl sites for hydroxylation is 1. The molecule has 0 saturated carbocycles. The third-order valence-corrected chi connectivity index (χ3v) is 5.24. The monoisotopic (exact) mass is 432 g/mol. The lowest BCUT2D eigenvalue weighted by Crippen LogP contribution is -2.56. The van der Waals surface area contributed by atoms with Gasteiger partial charge in [0.15, 0.2) is 5.78 Å². The topological polar surface area (TPSA) is 74.8 Å². The second-order valence-corrected chi connectivity index (χ2v) is 7.62. The Hall–Kier alpha value is -2.70. The summed E-state index contributed by atoms with van der Waals surface area (Å²) < 4.78 is 0. The molecule has 150 valence electrons. The van der Waals surface area contributed by atoms with Gasteiger partial charge in [0, 0.05) is 23.4 Å². The van der Waals surface area contributed by atoms with Crippen LogP contribution in [-0.4, -0.2) is 39.6 Å². The van der Waals surface area contributed by atoms with Crippen molar-refractivity contribution in [3.63, 3.8) is 0 Å². The summed E-state index contributed by atoms with van der Waals surface area (Å²) in [6, 6.07) is 9.96. The first kappa shape index (κ1) is 21.0. The van der Waals surface area contributed by atoms with E-state index in [4.69, 9.17) is 23.2 Å². The maximum absolute atomic E-state index is 13.3. The van der Waals surface area contributed by atoms with Gasteiger partial charge in [0.2, 0.25) is 11.8 Å². The SMILES string of the molecule is Cc1ccc(C(=O)C(C)N(C(=O)c2ccc(Cl)cc2Cl)N2C(=O)CCC2=O)cc1. The summed E-state index contributed by atoms with van der Waals surface area (Å²) in [5.41, 5.74) is 1.37. The molecule has 0 N–H and O–H groups in total. The van der Waals surface area contributed by atoms with Gasteiger partial charge >= 0.3 is 0 Å². The van der Waals surface area contributed by atoms with Crippen LogP contribution in [0.2, 0.25) is 10.0 Å². The average molecular weight is 433 g/mol. The minimum Gasteiger partial charge on any atom is -0.292 e. The highest BCUT2D eigenvalue weighted by Crippen LogP contribution is 2.27. The first-order valence-electron chi connectivity index (χ1n) is 8.96. The lowest BCUT2D eigenvalue weighted by Gasteiger charge is -2.34. The van der Waals surface area contributed by atoms with E-state index >= 15 is 0 Å². The van der Waals surface area contributed by atoms with E-state index in [9.17, 15) is 19.2 Å². The standard InChI is InChI=1S/C21H18Cl2N2O4/c1-12-3-5-14(6-4-12)20(28)13(2)24(25-18(26)9-10-19(25)27)21(29)16-8-7-15(22)11-17(16)23/h3-8,11,13H,9-10H2,1-2H3.